The van der Waals surface area contributed by atoms with E-state index < -0.39 is 0 Å². The highest BCUT2D eigenvalue weighted by molar-refractivity contribution is 5.87. The highest BCUT2D eigenvalue weighted by Gasteiger charge is 2.38. The van der Waals surface area contributed by atoms with Crippen LogP contribution < -0.4 is 10.6 Å². The molecule has 0 atom stereocenters. The Balaban J connectivity index is 1.92. The fourth-order valence-electron chi connectivity index (χ4n) is 2.46. The lowest BCUT2D eigenvalue weighted by atomic mass is 9.99. The van der Waals surface area contributed by atoms with E-state index in [-0.39, 0.29) is 5.54 Å². The number of fused-ring (bicyclic) bond motifs is 1. The molecule has 1 saturated carbocycles. The van der Waals surface area contributed by atoms with Crippen LogP contribution in [0.4, 0.5) is 11.8 Å². The lowest BCUT2D eigenvalue weighted by Gasteiger charge is -2.27. The summed E-state index contributed by atoms with van der Waals surface area (Å²) in [5.41, 5.74) is 0.827. The summed E-state index contributed by atoms with van der Waals surface area (Å²) >= 11 is 0. The number of H-pyrrole nitrogens is 1. The van der Waals surface area contributed by atoms with Crippen molar-refractivity contribution in [2.75, 3.05) is 17.2 Å². The maximum atomic E-state index is 4.61. The molecule has 1 aliphatic carbocycles. The van der Waals surface area contributed by atoms with E-state index in [9.17, 15) is 0 Å². The molecule has 0 unspecified atom stereocenters. The predicted octanol–water partition coefficient (Wildman–Crippen LogP) is 2.78. The fraction of sp³-hybridized carbons (Fsp3) is 0.643. The summed E-state index contributed by atoms with van der Waals surface area (Å²) in [6.45, 7) is 7.46. The Kier molecular flexibility index (Phi) is 3.23. The number of nitrogens with one attached hydrogen (secondary N) is 3. The van der Waals surface area contributed by atoms with Crippen LogP contribution in [0.5, 0.6) is 0 Å². The van der Waals surface area contributed by atoms with E-state index in [1.54, 1.807) is 6.20 Å². The molecule has 1 aliphatic rings. The van der Waals surface area contributed by atoms with Gasteiger partial charge < -0.3 is 10.6 Å². The smallest absolute Gasteiger partial charge is 0.226 e. The van der Waals surface area contributed by atoms with Crippen LogP contribution in [-0.4, -0.2) is 32.2 Å². The summed E-state index contributed by atoms with van der Waals surface area (Å²) in [5.74, 6) is 2.24. The van der Waals surface area contributed by atoms with Crippen molar-refractivity contribution < 1.29 is 0 Å². The lowest BCUT2D eigenvalue weighted by molar-refractivity contribution is 0.493. The minimum Gasteiger partial charge on any atom is -0.364 e. The monoisotopic (exact) mass is 274 g/mol. The molecule has 3 rings (SSSR count). The minimum atomic E-state index is 0.0561. The molecule has 3 N–H and O–H groups in total. The van der Waals surface area contributed by atoms with Gasteiger partial charge in [-0.3, -0.25) is 5.10 Å². The van der Waals surface area contributed by atoms with E-state index in [1.807, 2.05) is 0 Å². The van der Waals surface area contributed by atoms with Crippen LogP contribution in [-0.2, 0) is 0 Å². The molecule has 1 fully saturated rings. The van der Waals surface area contributed by atoms with Crippen molar-refractivity contribution in [2.24, 2.45) is 5.92 Å². The third kappa shape index (κ3) is 2.55. The van der Waals surface area contributed by atoms with E-state index >= 15 is 0 Å². The van der Waals surface area contributed by atoms with Crippen LogP contribution in [0, 0.1) is 5.92 Å². The largest absolute Gasteiger partial charge is 0.364 e. The van der Waals surface area contributed by atoms with Gasteiger partial charge in [0.15, 0.2) is 5.65 Å². The molecule has 2 aromatic heterocycles. The number of rotatable bonds is 6. The maximum Gasteiger partial charge on any atom is 0.226 e. The first-order valence-corrected chi connectivity index (χ1v) is 7.33. The van der Waals surface area contributed by atoms with Crippen molar-refractivity contribution in [3.8, 4) is 0 Å². The molecule has 0 spiro atoms. The summed E-state index contributed by atoms with van der Waals surface area (Å²) in [6, 6.07) is 0. The van der Waals surface area contributed by atoms with Crippen molar-refractivity contribution in [1.82, 2.24) is 20.2 Å². The molecule has 6 heteroatoms. The molecule has 20 heavy (non-hydrogen) atoms. The Hall–Kier alpha value is -1.85. The van der Waals surface area contributed by atoms with Gasteiger partial charge in [0.2, 0.25) is 5.95 Å². The van der Waals surface area contributed by atoms with E-state index in [0.29, 0.717) is 5.95 Å². The van der Waals surface area contributed by atoms with E-state index in [0.717, 1.165) is 35.7 Å². The van der Waals surface area contributed by atoms with Gasteiger partial charge in [0.1, 0.15) is 5.82 Å². The van der Waals surface area contributed by atoms with Crippen LogP contribution in [0.1, 0.15) is 40.0 Å². The van der Waals surface area contributed by atoms with Crippen molar-refractivity contribution >= 4 is 22.8 Å². The lowest BCUT2D eigenvalue weighted by Crippen LogP contribution is -2.33. The molecule has 0 radical (unpaired) electrons. The molecule has 0 amide bonds. The first kappa shape index (κ1) is 13.1. The van der Waals surface area contributed by atoms with Gasteiger partial charge >= 0.3 is 0 Å². The summed E-state index contributed by atoms with van der Waals surface area (Å²) < 4.78 is 0. The average molecular weight is 274 g/mol. The van der Waals surface area contributed by atoms with Gasteiger partial charge in [-0.05, 0) is 39.0 Å². The van der Waals surface area contributed by atoms with Gasteiger partial charge in [-0.1, -0.05) is 6.92 Å². The van der Waals surface area contributed by atoms with Gasteiger partial charge in [-0.25, -0.2) is 0 Å². The molecule has 6 nitrogen and oxygen atoms in total. The maximum absolute atomic E-state index is 4.61. The number of hydrogen-bond acceptors (Lipinski definition) is 5. The van der Waals surface area contributed by atoms with Crippen molar-refractivity contribution in [3.05, 3.63) is 6.20 Å². The third-order valence-electron chi connectivity index (χ3n) is 3.88. The normalized spacial score (nSPS) is 15.6. The average Bonchev–Trinajstić information content (AvgIpc) is 3.16. The quantitative estimate of drug-likeness (QED) is 0.755. The van der Waals surface area contributed by atoms with Gasteiger partial charge in [-0.2, -0.15) is 15.1 Å². The van der Waals surface area contributed by atoms with Crippen LogP contribution >= 0.6 is 0 Å². The second-order valence-corrected chi connectivity index (χ2v) is 6.08. The van der Waals surface area contributed by atoms with E-state index in [4.69, 9.17) is 0 Å². The SMILES string of the molecule is CCCNc1nc(NC(C)(C)C2CC2)c2cn[nH]c2n1. The zero-order valence-electron chi connectivity index (χ0n) is 12.3. The molecule has 108 valence electrons. The second kappa shape index (κ2) is 4.92. The van der Waals surface area contributed by atoms with Crippen LogP contribution in [0.15, 0.2) is 6.20 Å². The van der Waals surface area contributed by atoms with Crippen molar-refractivity contribution in [1.29, 1.82) is 0 Å². The van der Waals surface area contributed by atoms with Crippen molar-refractivity contribution in [3.63, 3.8) is 0 Å². The number of nitrogens with zero attached hydrogens (tertiary/aromatic N) is 3. The first-order chi connectivity index (χ1) is 9.60. The Labute approximate surface area is 118 Å². The number of aromatic amines is 1. The third-order valence-corrected chi connectivity index (χ3v) is 3.88. The Bertz CT molecular complexity index is 599. The zero-order chi connectivity index (χ0) is 14.2. The minimum absolute atomic E-state index is 0.0561. The molecule has 2 aromatic rings. The van der Waals surface area contributed by atoms with E-state index in [2.05, 4.69) is 51.6 Å². The molecule has 0 aliphatic heterocycles. The summed E-state index contributed by atoms with van der Waals surface area (Å²) in [4.78, 5) is 9.06. The van der Waals surface area contributed by atoms with Gasteiger partial charge in [0.05, 0.1) is 11.6 Å². The molecular formula is C14H22N6. The fourth-order valence-corrected chi connectivity index (χ4v) is 2.46. The number of hydrogen-bond donors (Lipinski definition) is 3. The van der Waals surface area contributed by atoms with Crippen molar-refractivity contribution in [2.45, 2.75) is 45.6 Å². The van der Waals surface area contributed by atoms with Gasteiger partial charge in [0, 0.05) is 12.1 Å². The standard InChI is InChI=1S/C14H22N6/c1-4-7-15-13-17-11(10-8-16-20-12(10)18-13)19-14(2,3)9-5-6-9/h8-9H,4-7H2,1-3H3,(H3,15,16,17,18,19,20). The molecule has 0 bridgehead atoms. The van der Waals surface area contributed by atoms with Crippen LogP contribution in [0.3, 0.4) is 0 Å². The zero-order valence-corrected chi connectivity index (χ0v) is 12.3. The van der Waals surface area contributed by atoms with E-state index in [1.165, 1.54) is 12.8 Å². The Morgan fingerprint density at radius 2 is 2.15 bits per heavy atom. The molecule has 2 heterocycles. The van der Waals surface area contributed by atoms with Crippen LogP contribution in [0.2, 0.25) is 0 Å². The number of aromatic nitrogens is 4. The van der Waals surface area contributed by atoms with Gasteiger partial charge in [-0.15, -0.1) is 0 Å². The Morgan fingerprint density at radius 3 is 2.85 bits per heavy atom. The Morgan fingerprint density at radius 1 is 1.35 bits per heavy atom. The molecule has 0 saturated heterocycles. The first-order valence-electron chi connectivity index (χ1n) is 7.33. The highest BCUT2D eigenvalue weighted by Crippen LogP contribution is 2.41. The number of anilines is 2. The van der Waals surface area contributed by atoms with Gasteiger partial charge in [0.25, 0.3) is 0 Å². The second-order valence-electron chi connectivity index (χ2n) is 6.08. The molecule has 0 aromatic carbocycles. The topological polar surface area (TPSA) is 78.5 Å². The summed E-state index contributed by atoms with van der Waals surface area (Å²) in [5, 5.41) is 14.8. The van der Waals surface area contributed by atoms with Crippen LogP contribution in [0.25, 0.3) is 11.0 Å². The molecular weight excluding hydrogens is 252 g/mol. The highest BCUT2D eigenvalue weighted by atomic mass is 15.2. The predicted molar refractivity (Wildman–Crippen MR) is 80.9 cm³/mol. The summed E-state index contributed by atoms with van der Waals surface area (Å²) in [6.07, 6.45) is 5.41. The summed E-state index contributed by atoms with van der Waals surface area (Å²) in [7, 11) is 0.